The number of hydrogen-bond donors (Lipinski definition) is 4. The van der Waals surface area contributed by atoms with E-state index in [2.05, 4.69) is 26.0 Å². The second-order valence-corrected chi connectivity index (χ2v) is 19.6. The molecule has 0 saturated carbocycles. The molecule has 0 radical (unpaired) electrons. The summed E-state index contributed by atoms with van der Waals surface area (Å²) in [6, 6.07) is 9.29. The molecule has 0 saturated heterocycles. The molecule has 26 heteroatoms. The van der Waals surface area contributed by atoms with E-state index in [0.717, 1.165) is 6.08 Å². The molecular formula is C59H89N5O21. The van der Waals surface area contributed by atoms with Gasteiger partial charge in [0.15, 0.2) is 11.6 Å². The largest absolute Gasteiger partial charge is 0.514 e. The molecule has 4 amide bonds. The highest BCUT2D eigenvalue weighted by atomic mass is 16.7. The third-order valence-electron chi connectivity index (χ3n) is 12.4. The highest BCUT2D eigenvalue weighted by Crippen LogP contribution is 2.21. The van der Waals surface area contributed by atoms with Crippen LogP contribution in [0.15, 0.2) is 60.7 Å². The predicted octanol–water partition coefficient (Wildman–Crippen LogP) is 5.55. The molecule has 0 heterocycles. The van der Waals surface area contributed by atoms with Gasteiger partial charge in [0.05, 0.1) is 117 Å². The number of nitro groups is 1. The summed E-state index contributed by atoms with van der Waals surface area (Å²) in [5, 5.41) is 22.0. The Bertz CT molecular complexity index is 2280. The van der Waals surface area contributed by atoms with Gasteiger partial charge < -0.3 is 73.4 Å². The number of nitro benzene ring substituents is 1. The number of Topliss-reactive ketones (excluding diaryl/α,β-unsaturated/α-hetero) is 1. The van der Waals surface area contributed by atoms with Crippen molar-refractivity contribution in [2.24, 2.45) is 11.8 Å². The van der Waals surface area contributed by atoms with Crippen LogP contribution in [0, 0.1) is 22.0 Å². The number of allylic oxidation sites excluding steroid dienone is 1. The second-order valence-electron chi connectivity index (χ2n) is 19.6. The number of non-ortho nitro benzene ring substituents is 1. The fourth-order valence-electron chi connectivity index (χ4n) is 7.56. The molecule has 0 bridgehead atoms. The maximum Gasteiger partial charge on any atom is 0.514 e. The van der Waals surface area contributed by atoms with Crippen LogP contribution in [0.5, 0.6) is 5.75 Å². The van der Waals surface area contributed by atoms with Crippen LogP contribution in [0.25, 0.3) is 0 Å². The first-order valence-corrected chi connectivity index (χ1v) is 28.7. The number of esters is 1. The summed E-state index contributed by atoms with van der Waals surface area (Å²) in [6.45, 7) is 11.6. The molecule has 0 aliphatic rings. The number of nitrogens with zero attached hydrogens (tertiary/aromatic N) is 1. The Hall–Kier alpha value is -6.78. The van der Waals surface area contributed by atoms with Crippen molar-refractivity contribution >= 4 is 58.7 Å². The van der Waals surface area contributed by atoms with E-state index in [9.17, 15) is 48.5 Å². The van der Waals surface area contributed by atoms with E-state index in [0.29, 0.717) is 149 Å². The van der Waals surface area contributed by atoms with Gasteiger partial charge in [0, 0.05) is 69.2 Å². The number of amides is 4. The Morgan fingerprint density at radius 2 is 1.12 bits per heavy atom. The molecule has 4 N–H and O–H groups in total. The fraction of sp³-hybridized carbons (Fsp3) is 0.627. The summed E-state index contributed by atoms with van der Waals surface area (Å²) in [4.78, 5) is 112. The number of nitrogens with one attached hydrogen (secondary N) is 4. The number of benzene rings is 2. The Labute approximate surface area is 497 Å². The number of hydrogen-bond acceptors (Lipinski definition) is 21. The molecular weight excluding hydrogens is 1110 g/mol. The standard InChI is InChI=1S/C59H89N5O21/c1-44(2)51(58(71)61-45(3)57(70)62-47-17-15-46(16-18-47)43-84-59(72)85-50-22-19-48(20-23-50)64(73)74)42-53(66)52(63-55(68)14-9-7-6-8-12-49(65)21-24-56(69)76-5)13-10-11-26-60-54(67)25-27-77-30-31-79-34-35-81-38-39-83-41-40-82-37-36-80-33-32-78-29-28-75-4/h15-24,44-45,51-52H,6-14,25-43H2,1-5H3,(H,60,67)(H,61,71)(H,62,70)(H,63,68)/b24-21-/t45-,51-,52-/m0/s1. The number of anilines is 1. The third-order valence-corrected chi connectivity index (χ3v) is 12.4. The van der Waals surface area contributed by atoms with Crippen LogP contribution in [0.3, 0.4) is 0 Å². The minimum Gasteiger partial charge on any atom is -0.466 e. The molecule has 85 heavy (non-hydrogen) atoms. The minimum absolute atomic E-state index is 0.0588. The molecule has 2 aromatic carbocycles. The van der Waals surface area contributed by atoms with Gasteiger partial charge in [0.1, 0.15) is 18.4 Å². The summed E-state index contributed by atoms with van der Waals surface area (Å²) in [5.41, 5.74) is 0.774. The summed E-state index contributed by atoms with van der Waals surface area (Å²) in [7, 11) is 2.84. The molecule has 2 rings (SSSR count). The van der Waals surface area contributed by atoms with E-state index in [1.165, 1.54) is 44.4 Å². The minimum atomic E-state index is -1.03. The van der Waals surface area contributed by atoms with Gasteiger partial charge in [0.2, 0.25) is 23.6 Å². The lowest BCUT2D eigenvalue weighted by Crippen LogP contribution is -2.47. The summed E-state index contributed by atoms with van der Waals surface area (Å²) >= 11 is 0. The number of carbonyl (C=O) groups excluding carboxylic acids is 8. The Morgan fingerprint density at radius 3 is 1.65 bits per heavy atom. The van der Waals surface area contributed by atoms with Crippen LogP contribution in [0.4, 0.5) is 16.2 Å². The van der Waals surface area contributed by atoms with Gasteiger partial charge in [-0.25, -0.2) is 9.59 Å². The smallest absolute Gasteiger partial charge is 0.466 e. The topological polar surface area (TPSA) is 329 Å². The fourth-order valence-corrected chi connectivity index (χ4v) is 7.56. The lowest BCUT2D eigenvalue weighted by atomic mass is 9.87. The molecule has 2 aromatic rings. The summed E-state index contributed by atoms with van der Waals surface area (Å²) < 4.78 is 57.8. The van der Waals surface area contributed by atoms with Gasteiger partial charge >= 0.3 is 12.1 Å². The van der Waals surface area contributed by atoms with Crippen molar-refractivity contribution in [1.29, 1.82) is 0 Å². The Balaban J connectivity index is 1.77. The zero-order valence-electron chi connectivity index (χ0n) is 49.9. The van der Waals surface area contributed by atoms with Crippen LogP contribution in [-0.2, 0) is 87.5 Å². The molecule has 26 nitrogen and oxygen atoms in total. The molecule has 0 aliphatic carbocycles. The molecule has 0 fully saturated rings. The van der Waals surface area contributed by atoms with Gasteiger partial charge in [-0.15, -0.1) is 0 Å². The predicted molar refractivity (Wildman–Crippen MR) is 309 cm³/mol. The average molecular weight is 1200 g/mol. The van der Waals surface area contributed by atoms with E-state index in [1.54, 1.807) is 45.2 Å². The molecule has 0 spiro atoms. The van der Waals surface area contributed by atoms with Crippen molar-refractivity contribution in [2.75, 3.05) is 125 Å². The van der Waals surface area contributed by atoms with Crippen molar-refractivity contribution in [3.8, 4) is 5.75 Å². The van der Waals surface area contributed by atoms with Crippen LogP contribution in [0.2, 0.25) is 0 Å². The van der Waals surface area contributed by atoms with Gasteiger partial charge in [-0.1, -0.05) is 38.8 Å². The van der Waals surface area contributed by atoms with Gasteiger partial charge in [0.25, 0.3) is 5.69 Å². The maximum absolute atomic E-state index is 14.0. The monoisotopic (exact) mass is 1200 g/mol. The van der Waals surface area contributed by atoms with E-state index in [-0.39, 0.29) is 86.1 Å². The molecule has 3 atom stereocenters. The lowest BCUT2D eigenvalue weighted by molar-refractivity contribution is -0.384. The molecule has 0 aromatic heterocycles. The van der Waals surface area contributed by atoms with Crippen molar-refractivity contribution in [3.05, 3.63) is 76.4 Å². The SMILES string of the molecule is COCCOCCOCCOCCOCCOCCOCCOCCC(=O)NCCCC[C@H](NC(=O)CCCCCCC(=O)/C=C\C(=O)OC)C(=O)C[C@H](C(=O)N[C@@H](C)C(=O)Nc1ccc(COC(=O)Oc2ccc([N+](=O)[O-])cc2)cc1)C(C)C. The Morgan fingerprint density at radius 1 is 0.576 bits per heavy atom. The van der Waals surface area contributed by atoms with Crippen molar-refractivity contribution in [3.63, 3.8) is 0 Å². The Kier molecular flexibility index (Phi) is 41.5. The van der Waals surface area contributed by atoms with Gasteiger partial charge in [-0.3, -0.25) is 38.9 Å². The normalized spacial score (nSPS) is 12.3. The first-order valence-electron chi connectivity index (χ1n) is 28.7. The number of ether oxygens (including phenoxy) is 11. The highest BCUT2D eigenvalue weighted by molar-refractivity contribution is 5.98. The molecule has 0 unspecified atom stereocenters. The lowest BCUT2D eigenvalue weighted by Gasteiger charge is -2.25. The van der Waals surface area contributed by atoms with E-state index in [1.807, 2.05) is 0 Å². The molecule has 0 aliphatic heterocycles. The summed E-state index contributed by atoms with van der Waals surface area (Å²) in [5.74, 6) is -3.96. The summed E-state index contributed by atoms with van der Waals surface area (Å²) in [6.07, 6.45) is 5.05. The molecule has 476 valence electrons. The number of carbonyl (C=O) groups is 8. The van der Waals surface area contributed by atoms with Crippen LogP contribution in [0.1, 0.15) is 97.0 Å². The van der Waals surface area contributed by atoms with E-state index in [4.69, 9.17) is 47.4 Å². The van der Waals surface area contributed by atoms with Crippen LogP contribution in [-0.4, -0.2) is 184 Å². The van der Waals surface area contributed by atoms with Crippen LogP contribution >= 0.6 is 0 Å². The average Bonchev–Trinajstić information content (AvgIpc) is 3.56. The zero-order chi connectivity index (χ0) is 62.3. The van der Waals surface area contributed by atoms with Gasteiger partial charge in [-0.2, -0.15) is 0 Å². The second kappa shape index (κ2) is 47.5. The number of methoxy groups -OCH3 is 2. The van der Waals surface area contributed by atoms with E-state index >= 15 is 0 Å². The first kappa shape index (κ1) is 74.3. The van der Waals surface area contributed by atoms with Gasteiger partial charge in [-0.05, 0) is 80.9 Å². The van der Waals surface area contributed by atoms with E-state index < -0.39 is 46.9 Å². The zero-order valence-corrected chi connectivity index (χ0v) is 49.9. The number of ketones is 2. The van der Waals surface area contributed by atoms with Crippen molar-refractivity contribution in [2.45, 2.75) is 110 Å². The van der Waals surface area contributed by atoms with Crippen LogP contribution < -0.4 is 26.0 Å². The highest BCUT2D eigenvalue weighted by Gasteiger charge is 2.31. The quantitative estimate of drug-likeness (QED) is 0.0158. The first-order chi connectivity index (χ1) is 41.0. The number of unbranched alkanes of at least 4 members (excludes halogenated alkanes) is 4. The number of rotatable bonds is 51. The van der Waals surface area contributed by atoms with Crippen molar-refractivity contribution < 1.29 is 95.4 Å². The third kappa shape index (κ3) is 38.0. The van der Waals surface area contributed by atoms with Crippen molar-refractivity contribution in [1.82, 2.24) is 16.0 Å². The maximum atomic E-state index is 14.0.